The minimum absolute atomic E-state index is 0.126. The fourth-order valence-electron chi connectivity index (χ4n) is 5.22. The molecule has 0 spiro atoms. The van der Waals surface area contributed by atoms with Crippen molar-refractivity contribution in [1.82, 2.24) is 14.5 Å². The Labute approximate surface area is 220 Å². The predicted molar refractivity (Wildman–Crippen MR) is 136 cm³/mol. The van der Waals surface area contributed by atoms with Gasteiger partial charge in [-0.3, -0.25) is 4.79 Å². The zero-order valence-electron chi connectivity index (χ0n) is 19.9. The topological polar surface area (TPSA) is 95.2 Å². The molecule has 6 rings (SSSR count). The molecule has 2 aliphatic rings. The van der Waals surface area contributed by atoms with Crippen LogP contribution in [0.25, 0.3) is 22.4 Å². The molecule has 0 aliphatic carbocycles. The minimum atomic E-state index is -4.71. The Balaban J connectivity index is 1.28. The molecular weight excluding hydrogens is 521 g/mol. The highest BCUT2D eigenvalue weighted by molar-refractivity contribution is 6.31. The number of nitrogens with one attached hydrogen (secondary N) is 1. The Kier molecular flexibility index (Phi) is 5.86. The van der Waals surface area contributed by atoms with Gasteiger partial charge in [-0.05, 0) is 48.2 Å². The number of aromatic nitrogens is 3. The number of ether oxygens (including phenoxy) is 2. The predicted octanol–water partition coefficient (Wildman–Crippen LogP) is 5.44. The van der Waals surface area contributed by atoms with E-state index in [9.17, 15) is 18.0 Å². The van der Waals surface area contributed by atoms with Crippen molar-refractivity contribution in [2.45, 2.75) is 30.8 Å². The number of alkyl halides is 3. The summed E-state index contributed by atoms with van der Waals surface area (Å²) in [4.78, 5) is 20.9. The van der Waals surface area contributed by atoms with E-state index in [1.165, 1.54) is 18.2 Å². The number of anilines is 1. The van der Waals surface area contributed by atoms with Gasteiger partial charge >= 0.3 is 6.18 Å². The summed E-state index contributed by atoms with van der Waals surface area (Å²) in [6, 6.07) is 14.1. The van der Waals surface area contributed by atoms with E-state index in [0.29, 0.717) is 51.8 Å². The maximum atomic E-state index is 13.7. The van der Waals surface area contributed by atoms with Crippen molar-refractivity contribution in [3.63, 3.8) is 0 Å². The van der Waals surface area contributed by atoms with Crippen LogP contribution in [0.15, 0.2) is 65.6 Å². The Morgan fingerprint density at radius 3 is 2.50 bits per heavy atom. The van der Waals surface area contributed by atoms with Crippen molar-refractivity contribution in [2.24, 2.45) is 0 Å². The quantitative estimate of drug-likeness (QED) is 0.335. The molecule has 1 atom stereocenters. The molecule has 4 aromatic rings. The molecule has 2 aliphatic heterocycles. The molecule has 3 N–H and O–H groups in total. The smallest absolute Gasteiger partial charge is 0.398 e. The van der Waals surface area contributed by atoms with Gasteiger partial charge < -0.3 is 24.8 Å². The number of hydrogen-bond acceptors (Lipinski definition) is 5. The summed E-state index contributed by atoms with van der Waals surface area (Å²) in [7, 11) is 0. The zero-order chi connectivity index (χ0) is 26.7. The van der Waals surface area contributed by atoms with Crippen LogP contribution in [-0.2, 0) is 21.7 Å². The SMILES string of the molecule is Nc1ccc(Cl)cc1-c1cc2n(c(=O)c1)[C@H](c1ncc(-c3ccc(C4(C(F)(F)F)OCCO4)cc3)[nH]1)CC2. The highest BCUT2D eigenvalue weighted by Crippen LogP contribution is 2.46. The van der Waals surface area contributed by atoms with Gasteiger partial charge in [-0.2, -0.15) is 13.2 Å². The first-order valence-corrected chi connectivity index (χ1v) is 12.4. The number of hydrogen-bond donors (Lipinski definition) is 2. The van der Waals surface area contributed by atoms with E-state index >= 15 is 0 Å². The van der Waals surface area contributed by atoms with Crippen LogP contribution in [0.2, 0.25) is 5.02 Å². The number of aromatic amines is 1. The van der Waals surface area contributed by atoms with E-state index in [0.717, 1.165) is 5.69 Å². The first kappa shape index (κ1) is 24.7. The molecule has 7 nitrogen and oxygen atoms in total. The summed E-state index contributed by atoms with van der Waals surface area (Å²) in [5.41, 5.74) is 9.85. The zero-order valence-corrected chi connectivity index (χ0v) is 20.6. The number of benzene rings is 2. The summed E-state index contributed by atoms with van der Waals surface area (Å²) in [5, 5.41) is 0.528. The third-order valence-corrected chi connectivity index (χ3v) is 7.25. The lowest BCUT2D eigenvalue weighted by molar-refractivity contribution is -0.352. The van der Waals surface area contributed by atoms with Crippen LogP contribution in [0.1, 0.15) is 29.5 Å². The van der Waals surface area contributed by atoms with Crippen molar-refractivity contribution in [3.8, 4) is 22.4 Å². The molecule has 38 heavy (non-hydrogen) atoms. The number of H-pyrrole nitrogens is 1. The normalized spacial score (nSPS) is 18.6. The summed E-state index contributed by atoms with van der Waals surface area (Å²) in [6.07, 6.45) is -1.78. The number of halogens is 4. The number of aryl methyl sites for hydroxylation is 1. The first-order chi connectivity index (χ1) is 18.2. The second kappa shape index (κ2) is 9.00. The van der Waals surface area contributed by atoms with Crippen molar-refractivity contribution in [1.29, 1.82) is 0 Å². The molecule has 11 heteroatoms. The second-order valence-corrected chi connectivity index (χ2v) is 9.74. The lowest BCUT2D eigenvalue weighted by Crippen LogP contribution is -2.43. The standard InChI is InChI=1S/C27H22ClF3N4O3/c28-18-5-7-21(32)20(13-18)16-11-19-6-8-23(35(19)24(36)12-16)25-33-14-22(34-25)15-1-3-17(4-2-15)26(27(29,30)31)37-9-10-38-26/h1-5,7,11-14,23H,6,8-10,32H2,(H,33,34)/t23-/m0/s1. The van der Waals surface area contributed by atoms with Crippen LogP contribution >= 0.6 is 11.6 Å². The van der Waals surface area contributed by atoms with E-state index in [1.807, 2.05) is 6.07 Å². The van der Waals surface area contributed by atoms with E-state index in [1.54, 1.807) is 41.1 Å². The molecular formula is C27H22ClF3N4O3. The fraction of sp³-hybridized carbons (Fsp3) is 0.259. The van der Waals surface area contributed by atoms with E-state index in [-0.39, 0.29) is 30.4 Å². The number of rotatable bonds is 4. The van der Waals surface area contributed by atoms with Crippen molar-refractivity contribution < 1.29 is 22.6 Å². The Morgan fingerprint density at radius 1 is 1.05 bits per heavy atom. The third kappa shape index (κ3) is 4.00. The van der Waals surface area contributed by atoms with Crippen LogP contribution < -0.4 is 11.3 Å². The summed E-state index contributed by atoms with van der Waals surface area (Å²) >= 11 is 6.13. The van der Waals surface area contributed by atoms with Gasteiger partial charge in [0.2, 0.25) is 0 Å². The molecule has 2 aromatic carbocycles. The van der Waals surface area contributed by atoms with Crippen molar-refractivity contribution >= 4 is 17.3 Å². The highest BCUT2D eigenvalue weighted by Gasteiger charge is 2.61. The molecule has 196 valence electrons. The third-order valence-electron chi connectivity index (χ3n) is 7.01. The largest absolute Gasteiger partial charge is 0.448 e. The Hall–Kier alpha value is -3.60. The summed E-state index contributed by atoms with van der Waals surface area (Å²) in [5.74, 6) is -2.16. The molecule has 0 bridgehead atoms. The van der Waals surface area contributed by atoms with Crippen LogP contribution in [0.5, 0.6) is 0 Å². The van der Waals surface area contributed by atoms with Crippen LogP contribution in [0, 0.1) is 0 Å². The Morgan fingerprint density at radius 2 is 1.79 bits per heavy atom. The number of nitrogens with zero attached hydrogens (tertiary/aromatic N) is 2. The van der Waals surface area contributed by atoms with Gasteiger partial charge in [-0.15, -0.1) is 0 Å². The number of nitrogen functional groups attached to an aromatic ring is 1. The van der Waals surface area contributed by atoms with Gasteiger partial charge in [-0.1, -0.05) is 35.9 Å². The number of nitrogens with two attached hydrogens (primary N) is 1. The molecule has 1 fully saturated rings. The van der Waals surface area contributed by atoms with Crippen LogP contribution in [0.4, 0.5) is 18.9 Å². The van der Waals surface area contributed by atoms with Gasteiger partial charge in [0.1, 0.15) is 5.82 Å². The van der Waals surface area contributed by atoms with Gasteiger partial charge in [0.15, 0.2) is 0 Å². The number of pyridine rings is 1. The minimum Gasteiger partial charge on any atom is -0.398 e. The molecule has 1 saturated heterocycles. The van der Waals surface area contributed by atoms with Gasteiger partial charge in [0.05, 0.1) is 31.1 Å². The van der Waals surface area contributed by atoms with E-state index in [4.69, 9.17) is 26.8 Å². The fourth-order valence-corrected chi connectivity index (χ4v) is 5.39. The van der Waals surface area contributed by atoms with E-state index < -0.39 is 12.0 Å². The number of fused-ring (bicyclic) bond motifs is 1. The van der Waals surface area contributed by atoms with Gasteiger partial charge in [0, 0.05) is 33.6 Å². The average molecular weight is 543 g/mol. The average Bonchev–Trinajstić information content (AvgIpc) is 3.65. The van der Waals surface area contributed by atoms with Crippen LogP contribution in [0.3, 0.4) is 0 Å². The molecule has 4 heterocycles. The first-order valence-electron chi connectivity index (χ1n) is 12.0. The molecule has 0 amide bonds. The molecule has 0 radical (unpaired) electrons. The van der Waals surface area contributed by atoms with Crippen molar-refractivity contribution in [3.05, 3.63) is 93.3 Å². The molecule has 2 aromatic heterocycles. The second-order valence-electron chi connectivity index (χ2n) is 9.30. The lowest BCUT2D eigenvalue weighted by Gasteiger charge is -2.29. The maximum Gasteiger partial charge on any atom is 0.448 e. The van der Waals surface area contributed by atoms with Gasteiger partial charge in [0.25, 0.3) is 11.3 Å². The monoisotopic (exact) mass is 542 g/mol. The molecule has 0 saturated carbocycles. The van der Waals surface area contributed by atoms with Crippen molar-refractivity contribution in [2.75, 3.05) is 18.9 Å². The number of imidazole rings is 1. The van der Waals surface area contributed by atoms with Gasteiger partial charge in [-0.25, -0.2) is 4.98 Å². The van der Waals surface area contributed by atoms with E-state index in [2.05, 4.69) is 9.97 Å². The maximum absolute atomic E-state index is 13.7. The summed E-state index contributed by atoms with van der Waals surface area (Å²) in [6.45, 7) is -0.275. The Bertz CT molecular complexity index is 1570. The lowest BCUT2D eigenvalue weighted by atomic mass is 10.0. The highest BCUT2D eigenvalue weighted by atomic mass is 35.5. The molecule has 0 unspecified atom stereocenters. The van der Waals surface area contributed by atoms with Crippen LogP contribution in [-0.4, -0.2) is 33.9 Å². The summed E-state index contributed by atoms with van der Waals surface area (Å²) < 4.78 is 52.8.